The molecule has 0 amide bonds. The minimum Gasteiger partial charge on any atom is -0.616 e. The molecule has 4 heteroatoms. The lowest BCUT2D eigenvalue weighted by Crippen LogP contribution is -2.07. The fourth-order valence-corrected chi connectivity index (χ4v) is 0.528. The topological polar surface area (TPSA) is 44.6 Å². The van der Waals surface area contributed by atoms with Crippen molar-refractivity contribution in [2.45, 2.75) is 0 Å². The molecule has 0 aliphatic carbocycles. The van der Waals surface area contributed by atoms with Crippen LogP contribution in [0.2, 0.25) is 0 Å². The Morgan fingerprint density at radius 1 is 1.88 bits per heavy atom. The molecule has 3 nitrogen and oxygen atoms in total. The molecule has 48 valence electrons. The monoisotopic (exact) mass is 135 g/mol. The Morgan fingerprint density at radius 2 is 2.50 bits per heavy atom. The maximum atomic E-state index is 10.3. The molecule has 0 bridgehead atoms. The summed E-state index contributed by atoms with van der Waals surface area (Å²) in [5.41, 5.74) is 0. The smallest absolute Gasteiger partial charge is 0.161 e. The van der Waals surface area contributed by atoms with Gasteiger partial charge in [0.25, 0.3) is 0 Å². The van der Waals surface area contributed by atoms with E-state index in [9.17, 15) is 4.55 Å². The van der Waals surface area contributed by atoms with Crippen molar-refractivity contribution in [2.24, 2.45) is 5.16 Å². The predicted molar refractivity (Wildman–Crippen MR) is 34.4 cm³/mol. The lowest BCUT2D eigenvalue weighted by atomic mass is 10.9. The Hall–Kier alpha value is -0.220. The summed E-state index contributed by atoms with van der Waals surface area (Å²) in [6.45, 7) is 3.48. The van der Waals surface area contributed by atoms with E-state index < -0.39 is 11.2 Å². The van der Waals surface area contributed by atoms with Gasteiger partial charge in [-0.1, -0.05) is 11.2 Å². The highest BCUT2D eigenvalue weighted by molar-refractivity contribution is 7.90. The Bertz CT molecular complexity index is 67.1. The van der Waals surface area contributed by atoms with Crippen LogP contribution in [0.25, 0.3) is 0 Å². The highest BCUT2D eigenvalue weighted by atomic mass is 32.2. The molecule has 0 fully saturated rings. The van der Waals surface area contributed by atoms with Gasteiger partial charge in [0.1, 0.15) is 5.75 Å². The van der Waals surface area contributed by atoms with Gasteiger partial charge in [-0.3, -0.25) is 0 Å². The van der Waals surface area contributed by atoms with Gasteiger partial charge in [0.15, 0.2) is 6.61 Å². The summed E-state index contributed by atoms with van der Waals surface area (Å²) in [4.78, 5) is 4.47. The SMILES string of the molecule is C=NOCC[S+](C)[O-]. The zero-order chi connectivity index (χ0) is 6.41. The molecule has 0 saturated heterocycles. The van der Waals surface area contributed by atoms with Crippen molar-refractivity contribution < 1.29 is 9.39 Å². The minimum absolute atomic E-state index is 0.395. The van der Waals surface area contributed by atoms with E-state index in [-0.39, 0.29) is 0 Å². The number of rotatable bonds is 4. The molecule has 0 aliphatic heterocycles. The van der Waals surface area contributed by atoms with E-state index in [0.29, 0.717) is 12.4 Å². The molecule has 0 spiro atoms. The third-order valence-electron chi connectivity index (χ3n) is 0.553. The first-order chi connectivity index (χ1) is 3.77. The molecule has 1 unspecified atom stereocenters. The van der Waals surface area contributed by atoms with Gasteiger partial charge in [0.05, 0.1) is 6.26 Å². The summed E-state index contributed by atoms with van der Waals surface area (Å²) in [5, 5.41) is 3.12. The Kier molecular flexibility index (Phi) is 4.79. The van der Waals surface area contributed by atoms with E-state index >= 15 is 0 Å². The molecule has 0 rings (SSSR count). The molecule has 0 aromatic rings. The normalized spacial score (nSPS) is 12.8. The summed E-state index contributed by atoms with van der Waals surface area (Å²) >= 11 is -0.780. The molecule has 0 aliphatic rings. The van der Waals surface area contributed by atoms with Gasteiger partial charge in [-0.15, -0.1) is 5.16 Å². The van der Waals surface area contributed by atoms with Crippen molar-refractivity contribution in [3.05, 3.63) is 0 Å². The minimum atomic E-state index is -0.780. The van der Waals surface area contributed by atoms with Gasteiger partial charge < -0.3 is 9.39 Å². The average Bonchev–Trinajstić information content (AvgIpc) is 1.66. The van der Waals surface area contributed by atoms with E-state index in [4.69, 9.17) is 0 Å². The van der Waals surface area contributed by atoms with Crippen molar-refractivity contribution in [3.63, 3.8) is 0 Å². The van der Waals surface area contributed by atoms with Crippen LogP contribution >= 0.6 is 0 Å². The number of nitrogens with zero attached hydrogens (tertiary/aromatic N) is 1. The van der Waals surface area contributed by atoms with Gasteiger partial charge in [0.2, 0.25) is 0 Å². The number of oxime groups is 1. The van der Waals surface area contributed by atoms with Crippen molar-refractivity contribution in [3.8, 4) is 0 Å². The number of hydrogen-bond donors (Lipinski definition) is 0. The van der Waals surface area contributed by atoms with E-state index in [2.05, 4.69) is 16.7 Å². The summed E-state index contributed by atoms with van der Waals surface area (Å²) in [6.07, 6.45) is 1.62. The second kappa shape index (κ2) is 4.93. The molecule has 1 atom stereocenters. The highest BCUT2D eigenvalue weighted by Gasteiger charge is 1.93. The Balaban J connectivity index is 2.81. The van der Waals surface area contributed by atoms with Crippen LogP contribution in [0.5, 0.6) is 0 Å². The molecule has 0 aromatic carbocycles. The summed E-state index contributed by atoms with van der Waals surface area (Å²) in [5.74, 6) is 0.527. The van der Waals surface area contributed by atoms with Crippen LogP contribution in [0.3, 0.4) is 0 Å². The molecule has 8 heavy (non-hydrogen) atoms. The van der Waals surface area contributed by atoms with Crippen molar-refractivity contribution in [1.82, 2.24) is 0 Å². The van der Waals surface area contributed by atoms with Crippen molar-refractivity contribution in [2.75, 3.05) is 18.6 Å². The fraction of sp³-hybridized carbons (Fsp3) is 0.750. The van der Waals surface area contributed by atoms with Crippen LogP contribution in [0.1, 0.15) is 0 Å². The van der Waals surface area contributed by atoms with Crippen molar-refractivity contribution >= 4 is 17.9 Å². The number of hydrogen-bond acceptors (Lipinski definition) is 3. The summed E-state index contributed by atoms with van der Waals surface area (Å²) < 4.78 is 10.3. The molecule has 0 saturated carbocycles. The van der Waals surface area contributed by atoms with Crippen LogP contribution in [0.4, 0.5) is 0 Å². The molecule has 0 aromatic heterocycles. The third-order valence-corrected chi connectivity index (χ3v) is 1.29. The van der Waals surface area contributed by atoms with Gasteiger partial charge in [0, 0.05) is 6.72 Å². The van der Waals surface area contributed by atoms with Gasteiger partial charge >= 0.3 is 0 Å². The predicted octanol–water partition coefficient (Wildman–Crippen LogP) is -0.00290. The van der Waals surface area contributed by atoms with Crippen LogP contribution in [-0.2, 0) is 16.0 Å². The third kappa shape index (κ3) is 5.78. The Labute approximate surface area is 51.9 Å². The quantitative estimate of drug-likeness (QED) is 0.236. The van der Waals surface area contributed by atoms with Crippen molar-refractivity contribution in [1.29, 1.82) is 0 Å². The van der Waals surface area contributed by atoms with E-state index in [1.54, 1.807) is 6.26 Å². The Morgan fingerprint density at radius 3 is 2.88 bits per heavy atom. The highest BCUT2D eigenvalue weighted by Crippen LogP contribution is 1.82. The standard InChI is InChI=1S/C4H9NO2S/c1-5-7-3-4-8(2)6/h1,3-4H2,2H3. The zero-order valence-electron chi connectivity index (χ0n) is 4.79. The summed E-state index contributed by atoms with van der Waals surface area (Å²) in [6, 6.07) is 0. The average molecular weight is 135 g/mol. The maximum absolute atomic E-state index is 10.3. The maximum Gasteiger partial charge on any atom is 0.161 e. The second-order valence-electron chi connectivity index (χ2n) is 1.24. The molecule has 0 heterocycles. The first-order valence-electron chi connectivity index (χ1n) is 2.15. The fourth-order valence-electron chi connectivity index (χ4n) is 0.219. The van der Waals surface area contributed by atoms with Crippen LogP contribution < -0.4 is 0 Å². The van der Waals surface area contributed by atoms with E-state index in [1.165, 1.54) is 0 Å². The largest absolute Gasteiger partial charge is 0.616 e. The van der Waals surface area contributed by atoms with Crippen LogP contribution in [0, 0.1) is 0 Å². The lowest BCUT2D eigenvalue weighted by molar-refractivity contribution is 0.163. The molecular formula is C4H9NO2S. The van der Waals surface area contributed by atoms with Gasteiger partial charge in [-0.25, -0.2) is 0 Å². The molecular weight excluding hydrogens is 126 g/mol. The second-order valence-corrected chi connectivity index (χ2v) is 2.79. The van der Waals surface area contributed by atoms with E-state index in [0.717, 1.165) is 0 Å². The lowest BCUT2D eigenvalue weighted by Gasteiger charge is -2.01. The van der Waals surface area contributed by atoms with E-state index in [1.807, 2.05) is 0 Å². The van der Waals surface area contributed by atoms with Crippen LogP contribution in [0.15, 0.2) is 5.16 Å². The van der Waals surface area contributed by atoms with Crippen LogP contribution in [-0.4, -0.2) is 29.9 Å². The summed E-state index contributed by atoms with van der Waals surface area (Å²) in [7, 11) is 0. The first kappa shape index (κ1) is 7.78. The van der Waals surface area contributed by atoms with Gasteiger partial charge in [-0.05, 0) is 0 Å². The van der Waals surface area contributed by atoms with Gasteiger partial charge in [-0.2, -0.15) is 0 Å². The molecule has 0 N–H and O–H groups in total. The zero-order valence-corrected chi connectivity index (χ0v) is 5.61. The first-order valence-corrected chi connectivity index (χ1v) is 3.88. The molecule has 0 radical (unpaired) electrons.